The van der Waals surface area contributed by atoms with Crippen LogP contribution in [0.5, 0.6) is 5.75 Å². The molecule has 30 heavy (non-hydrogen) atoms. The average molecular weight is 434 g/mol. The number of benzene rings is 1. The number of aromatic nitrogens is 4. The molecule has 9 nitrogen and oxygen atoms in total. The molecular weight excluding hydrogens is 410 g/mol. The molecule has 0 saturated heterocycles. The molecule has 0 fully saturated rings. The number of hydrogen-bond acceptors (Lipinski definition) is 7. The minimum absolute atomic E-state index is 0.0677. The Morgan fingerprint density at radius 1 is 1.33 bits per heavy atom. The van der Waals surface area contributed by atoms with Crippen molar-refractivity contribution < 1.29 is 19.4 Å². The lowest BCUT2D eigenvalue weighted by atomic mass is 10.2. The summed E-state index contributed by atoms with van der Waals surface area (Å²) in [6.45, 7) is 2.46. The van der Waals surface area contributed by atoms with Crippen LogP contribution < -0.4 is 10.1 Å². The lowest BCUT2D eigenvalue weighted by Gasteiger charge is -2.14. The molecule has 3 rings (SSSR count). The maximum atomic E-state index is 11.6. The molecule has 2 aromatic heterocycles. The number of aryl methyl sites for hydroxylation is 2. The molecule has 1 atom stereocenters. The van der Waals surface area contributed by atoms with Gasteiger partial charge in [0.05, 0.1) is 17.8 Å². The van der Waals surface area contributed by atoms with E-state index in [-0.39, 0.29) is 5.82 Å². The minimum atomic E-state index is -1.28. The van der Waals surface area contributed by atoms with Crippen LogP contribution in [-0.2, 0) is 29.5 Å². The molecule has 0 amide bonds. The average Bonchev–Trinajstić information content (AvgIpc) is 3.02. The zero-order valence-electron chi connectivity index (χ0n) is 17.3. The van der Waals surface area contributed by atoms with Gasteiger partial charge in [0.1, 0.15) is 16.8 Å². The summed E-state index contributed by atoms with van der Waals surface area (Å²) in [4.78, 5) is 20.5. The van der Waals surface area contributed by atoms with E-state index in [1.54, 1.807) is 23.9 Å². The highest BCUT2D eigenvalue weighted by Gasteiger charge is 2.26. The number of hydrogen-bond donors (Lipinski definition) is 2. The van der Waals surface area contributed by atoms with Gasteiger partial charge in [0.2, 0.25) is 6.10 Å². The summed E-state index contributed by atoms with van der Waals surface area (Å²) >= 11 is 6.22. The van der Waals surface area contributed by atoms with Gasteiger partial charge < -0.3 is 19.9 Å². The van der Waals surface area contributed by atoms with Crippen LogP contribution in [0.25, 0.3) is 11.0 Å². The summed E-state index contributed by atoms with van der Waals surface area (Å²) in [5, 5.41) is 17.8. The number of carboxylic acid groups (broad SMARTS) is 1. The van der Waals surface area contributed by atoms with Crippen molar-refractivity contribution in [3.63, 3.8) is 0 Å². The molecule has 1 unspecified atom stereocenters. The van der Waals surface area contributed by atoms with E-state index >= 15 is 0 Å². The van der Waals surface area contributed by atoms with E-state index in [1.807, 2.05) is 20.0 Å². The van der Waals surface area contributed by atoms with Gasteiger partial charge in [-0.1, -0.05) is 31.0 Å². The first kappa shape index (κ1) is 21.8. The molecule has 1 aromatic carbocycles. The van der Waals surface area contributed by atoms with E-state index in [2.05, 4.69) is 20.4 Å². The molecule has 0 bridgehead atoms. The normalized spacial score (nSPS) is 12.2. The molecule has 0 aliphatic heterocycles. The minimum Gasteiger partial charge on any atom is -0.495 e. The number of aliphatic carboxylic acids is 1. The lowest BCUT2D eigenvalue weighted by Crippen LogP contribution is -2.18. The van der Waals surface area contributed by atoms with Gasteiger partial charge in [-0.25, -0.2) is 14.8 Å². The topological polar surface area (TPSA) is 111 Å². The summed E-state index contributed by atoms with van der Waals surface area (Å²) in [5.74, 6) is -0.0289. The molecule has 0 saturated carbocycles. The largest absolute Gasteiger partial charge is 0.495 e. The van der Waals surface area contributed by atoms with Crippen molar-refractivity contribution in [2.24, 2.45) is 7.05 Å². The van der Waals surface area contributed by atoms with Gasteiger partial charge in [0, 0.05) is 20.7 Å². The lowest BCUT2D eigenvalue weighted by molar-refractivity contribution is -0.149. The van der Waals surface area contributed by atoms with Crippen molar-refractivity contribution in [2.75, 3.05) is 19.5 Å². The summed E-state index contributed by atoms with van der Waals surface area (Å²) in [7, 11) is 4.68. The zero-order chi connectivity index (χ0) is 21.8. The molecule has 0 radical (unpaired) electrons. The third-order valence-corrected chi connectivity index (χ3v) is 4.92. The Morgan fingerprint density at radius 2 is 2.10 bits per heavy atom. The maximum absolute atomic E-state index is 11.6. The molecule has 2 N–H and O–H groups in total. The Kier molecular flexibility index (Phi) is 6.73. The first-order chi connectivity index (χ1) is 14.4. The fourth-order valence-electron chi connectivity index (χ4n) is 3.23. The van der Waals surface area contributed by atoms with Crippen LogP contribution in [0, 0.1) is 0 Å². The molecule has 2 heterocycles. The first-order valence-corrected chi connectivity index (χ1v) is 9.82. The summed E-state index contributed by atoms with van der Waals surface area (Å²) in [5.41, 5.74) is 3.01. The SMILES string of the molecule is CCCc1nn(C)c2c(NCc3ccc(OC)c(Cl)c3)nc(C(OC)C(=O)O)nc12. The molecule has 0 spiro atoms. The number of anilines is 1. The van der Waals surface area contributed by atoms with Crippen molar-refractivity contribution in [3.8, 4) is 5.75 Å². The number of ether oxygens (including phenoxy) is 2. The Labute approximate surface area is 179 Å². The summed E-state index contributed by atoms with van der Waals surface area (Å²) < 4.78 is 12.0. The van der Waals surface area contributed by atoms with E-state index in [0.29, 0.717) is 40.6 Å². The highest BCUT2D eigenvalue weighted by Crippen LogP contribution is 2.28. The van der Waals surface area contributed by atoms with Gasteiger partial charge >= 0.3 is 5.97 Å². The van der Waals surface area contributed by atoms with Crippen LogP contribution in [-0.4, -0.2) is 45.0 Å². The van der Waals surface area contributed by atoms with Gasteiger partial charge in [0.25, 0.3) is 0 Å². The molecule has 3 aromatic rings. The number of nitrogens with zero attached hydrogens (tertiary/aromatic N) is 4. The number of methoxy groups -OCH3 is 2. The Balaban J connectivity index is 2.04. The number of rotatable bonds is 9. The van der Waals surface area contributed by atoms with Crippen LogP contribution in [0.2, 0.25) is 5.02 Å². The van der Waals surface area contributed by atoms with Gasteiger partial charge in [-0.15, -0.1) is 0 Å². The Morgan fingerprint density at radius 3 is 2.70 bits per heavy atom. The van der Waals surface area contributed by atoms with Gasteiger partial charge in [0.15, 0.2) is 11.6 Å². The second-order valence-corrected chi connectivity index (χ2v) is 7.13. The van der Waals surface area contributed by atoms with Gasteiger partial charge in [-0.05, 0) is 24.1 Å². The monoisotopic (exact) mass is 433 g/mol. The van der Waals surface area contributed by atoms with E-state index in [9.17, 15) is 9.90 Å². The molecular formula is C20H24ClN5O4. The van der Waals surface area contributed by atoms with Crippen LogP contribution >= 0.6 is 11.6 Å². The van der Waals surface area contributed by atoms with Gasteiger partial charge in [-0.3, -0.25) is 4.68 Å². The number of nitrogens with one attached hydrogen (secondary N) is 1. The highest BCUT2D eigenvalue weighted by atomic mass is 35.5. The van der Waals surface area contributed by atoms with Crippen LogP contribution in [0.1, 0.15) is 36.5 Å². The second-order valence-electron chi connectivity index (χ2n) is 6.72. The predicted octanol–water partition coefficient (Wildman–Crippen LogP) is 3.36. The summed E-state index contributed by atoms with van der Waals surface area (Å²) in [6.07, 6.45) is 0.317. The Hall–Kier alpha value is -2.91. The van der Waals surface area contributed by atoms with E-state index < -0.39 is 12.1 Å². The predicted molar refractivity (Wildman–Crippen MR) is 113 cm³/mol. The standard InChI is InChI=1S/C20H24ClN5O4/c1-5-6-13-15-16(26(2)25-13)18(24-19(23-15)17(30-4)20(27)28)22-10-11-7-8-14(29-3)12(21)9-11/h7-9,17H,5-6,10H2,1-4H3,(H,27,28)(H,22,23,24). The van der Waals surface area contributed by atoms with Crippen molar-refractivity contribution in [2.45, 2.75) is 32.4 Å². The first-order valence-electron chi connectivity index (χ1n) is 9.45. The summed E-state index contributed by atoms with van der Waals surface area (Å²) in [6, 6.07) is 5.47. The maximum Gasteiger partial charge on any atom is 0.340 e. The van der Waals surface area contributed by atoms with E-state index in [4.69, 9.17) is 21.1 Å². The number of carboxylic acids is 1. The molecule has 0 aliphatic rings. The fourth-order valence-corrected chi connectivity index (χ4v) is 3.51. The van der Waals surface area contributed by atoms with E-state index in [0.717, 1.165) is 17.7 Å². The highest BCUT2D eigenvalue weighted by molar-refractivity contribution is 6.32. The second kappa shape index (κ2) is 9.27. The third-order valence-electron chi connectivity index (χ3n) is 4.63. The molecule has 160 valence electrons. The zero-order valence-corrected chi connectivity index (χ0v) is 18.0. The van der Waals surface area contributed by atoms with E-state index in [1.165, 1.54) is 7.11 Å². The fraction of sp³-hybridized carbons (Fsp3) is 0.400. The van der Waals surface area contributed by atoms with Gasteiger partial charge in [-0.2, -0.15) is 5.10 Å². The van der Waals surface area contributed by atoms with Crippen molar-refractivity contribution in [1.82, 2.24) is 19.7 Å². The number of halogens is 1. The van der Waals surface area contributed by atoms with Crippen LogP contribution in [0.15, 0.2) is 18.2 Å². The van der Waals surface area contributed by atoms with Crippen LogP contribution in [0.4, 0.5) is 5.82 Å². The quantitative estimate of drug-likeness (QED) is 0.528. The smallest absolute Gasteiger partial charge is 0.340 e. The van der Waals surface area contributed by atoms with Crippen molar-refractivity contribution in [3.05, 3.63) is 40.3 Å². The number of carbonyl (C=O) groups is 1. The number of fused-ring (bicyclic) bond motifs is 1. The van der Waals surface area contributed by atoms with Crippen molar-refractivity contribution >= 4 is 34.4 Å². The van der Waals surface area contributed by atoms with Crippen LogP contribution in [0.3, 0.4) is 0 Å². The third kappa shape index (κ3) is 4.31. The molecule has 0 aliphatic carbocycles. The van der Waals surface area contributed by atoms with Crippen molar-refractivity contribution in [1.29, 1.82) is 0 Å². The Bertz CT molecular complexity index is 1070. The molecule has 10 heteroatoms.